The summed E-state index contributed by atoms with van der Waals surface area (Å²) < 4.78 is 4.89. The Labute approximate surface area is 71.6 Å². The summed E-state index contributed by atoms with van der Waals surface area (Å²) in [4.78, 5) is 11.4. The molecule has 64 valence electrons. The van der Waals surface area contributed by atoms with E-state index in [1.807, 2.05) is 6.07 Å². The summed E-state index contributed by atoms with van der Waals surface area (Å²) in [6.45, 7) is 2.12. The van der Waals surface area contributed by atoms with Crippen molar-refractivity contribution in [1.29, 1.82) is 0 Å². The van der Waals surface area contributed by atoms with E-state index < -0.39 is 0 Å². The fourth-order valence-corrected chi connectivity index (χ4v) is 1.50. The van der Waals surface area contributed by atoms with E-state index in [1.165, 1.54) is 0 Å². The molecule has 2 nitrogen and oxygen atoms in total. The molecule has 0 bridgehead atoms. The molecule has 1 aliphatic carbocycles. The zero-order valence-corrected chi connectivity index (χ0v) is 7.12. The molecule has 12 heavy (non-hydrogen) atoms. The van der Waals surface area contributed by atoms with Crippen LogP contribution in [0.4, 0.5) is 0 Å². The Balaban J connectivity index is 1.92. The van der Waals surface area contributed by atoms with E-state index in [1.54, 1.807) is 12.5 Å². The van der Waals surface area contributed by atoms with Crippen LogP contribution in [0.1, 0.15) is 18.9 Å². The van der Waals surface area contributed by atoms with Crippen LogP contribution in [0.15, 0.2) is 23.0 Å². The minimum Gasteiger partial charge on any atom is -0.472 e. The molecule has 1 heterocycles. The molecular formula is C10H12O2. The second-order valence-corrected chi connectivity index (χ2v) is 3.59. The van der Waals surface area contributed by atoms with Crippen LogP contribution in [0, 0.1) is 11.8 Å². The summed E-state index contributed by atoms with van der Waals surface area (Å²) in [7, 11) is 0. The maximum absolute atomic E-state index is 11.4. The number of ketones is 1. The lowest BCUT2D eigenvalue weighted by atomic mass is 10.1. The Hall–Kier alpha value is -1.05. The molecule has 0 aromatic carbocycles. The summed E-state index contributed by atoms with van der Waals surface area (Å²) >= 11 is 0. The molecular weight excluding hydrogens is 152 g/mol. The predicted molar refractivity (Wildman–Crippen MR) is 44.7 cm³/mol. The third-order valence-corrected chi connectivity index (χ3v) is 2.48. The van der Waals surface area contributed by atoms with Gasteiger partial charge >= 0.3 is 0 Å². The lowest BCUT2D eigenvalue weighted by Gasteiger charge is -1.93. The lowest BCUT2D eigenvalue weighted by Crippen LogP contribution is -2.04. The van der Waals surface area contributed by atoms with Crippen LogP contribution in [-0.4, -0.2) is 5.78 Å². The number of rotatable bonds is 3. The second kappa shape index (κ2) is 2.77. The van der Waals surface area contributed by atoms with Crippen molar-refractivity contribution in [3.63, 3.8) is 0 Å². The molecule has 0 N–H and O–H groups in total. The van der Waals surface area contributed by atoms with Crippen LogP contribution in [-0.2, 0) is 11.2 Å². The van der Waals surface area contributed by atoms with E-state index in [9.17, 15) is 4.79 Å². The molecule has 2 rings (SSSR count). The Kier molecular flexibility index (Phi) is 1.75. The van der Waals surface area contributed by atoms with Crippen molar-refractivity contribution in [2.75, 3.05) is 0 Å². The molecule has 1 aromatic heterocycles. The summed E-state index contributed by atoms with van der Waals surface area (Å²) in [5, 5.41) is 0. The van der Waals surface area contributed by atoms with Crippen molar-refractivity contribution in [2.24, 2.45) is 11.8 Å². The van der Waals surface area contributed by atoms with Gasteiger partial charge in [0.05, 0.1) is 12.5 Å². The summed E-state index contributed by atoms with van der Waals surface area (Å²) in [6.07, 6.45) is 4.88. The third-order valence-electron chi connectivity index (χ3n) is 2.48. The average molecular weight is 164 g/mol. The molecule has 0 radical (unpaired) electrons. The number of hydrogen-bond acceptors (Lipinski definition) is 2. The van der Waals surface area contributed by atoms with E-state index in [0.717, 1.165) is 12.0 Å². The summed E-state index contributed by atoms with van der Waals surface area (Å²) in [6, 6.07) is 1.85. The van der Waals surface area contributed by atoms with Crippen molar-refractivity contribution in [2.45, 2.75) is 19.8 Å². The zero-order chi connectivity index (χ0) is 8.55. The van der Waals surface area contributed by atoms with Crippen molar-refractivity contribution < 1.29 is 9.21 Å². The SMILES string of the molecule is CC1CC1C(=O)Cc1ccoc1. The first-order valence-corrected chi connectivity index (χ1v) is 4.31. The number of carbonyl (C=O) groups excluding carboxylic acids is 1. The van der Waals surface area contributed by atoms with E-state index in [4.69, 9.17) is 4.42 Å². The van der Waals surface area contributed by atoms with Gasteiger partial charge in [0.15, 0.2) is 0 Å². The smallest absolute Gasteiger partial charge is 0.140 e. The van der Waals surface area contributed by atoms with Crippen molar-refractivity contribution in [3.8, 4) is 0 Å². The largest absolute Gasteiger partial charge is 0.472 e. The zero-order valence-electron chi connectivity index (χ0n) is 7.12. The first-order chi connectivity index (χ1) is 5.77. The fraction of sp³-hybridized carbons (Fsp3) is 0.500. The molecule has 2 atom stereocenters. The number of hydrogen-bond donors (Lipinski definition) is 0. The Morgan fingerprint density at radius 3 is 3.00 bits per heavy atom. The highest BCUT2D eigenvalue weighted by Crippen LogP contribution is 2.39. The number of carbonyl (C=O) groups is 1. The summed E-state index contributed by atoms with van der Waals surface area (Å²) in [5.41, 5.74) is 0.999. The molecule has 1 saturated carbocycles. The van der Waals surface area contributed by atoms with Gasteiger partial charge in [0, 0.05) is 12.3 Å². The average Bonchev–Trinajstić information content (AvgIpc) is 2.58. The minimum atomic E-state index is 0.333. The van der Waals surface area contributed by atoms with Crippen molar-refractivity contribution in [1.82, 2.24) is 0 Å². The number of Topliss-reactive ketones (excluding diaryl/α,β-unsaturated/α-hetero) is 1. The standard InChI is InChI=1S/C10H12O2/c1-7-4-9(7)10(11)5-8-2-3-12-6-8/h2-3,6-7,9H,4-5H2,1H3. The lowest BCUT2D eigenvalue weighted by molar-refractivity contribution is -0.119. The van der Waals surface area contributed by atoms with Crippen LogP contribution >= 0.6 is 0 Å². The third kappa shape index (κ3) is 1.42. The molecule has 0 amide bonds. The minimum absolute atomic E-state index is 0.333. The van der Waals surface area contributed by atoms with Crippen LogP contribution in [0.2, 0.25) is 0 Å². The molecule has 1 aromatic rings. The topological polar surface area (TPSA) is 30.2 Å². The van der Waals surface area contributed by atoms with E-state index in [2.05, 4.69) is 6.92 Å². The van der Waals surface area contributed by atoms with Crippen LogP contribution in [0.5, 0.6) is 0 Å². The van der Waals surface area contributed by atoms with Gasteiger partial charge in [0.25, 0.3) is 0 Å². The van der Waals surface area contributed by atoms with Gasteiger partial charge in [-0.3, -0.25) is 4.79 Å². The first kappa shape index (κ1) is 7.59. The monoisotopic (exact) mass is 164 g/mol. The van der Waals surface area contributed by atoms with Gasteiger partial charge in [0.1, 0.15) is 5.78 Å². The predicted octanol–water partition coefficient (Wildman–Crippen LogP) is 2.05. The molecule has 0 aliphatic heterocycles. The van der Waals surface area contributed by atoms with Crippen LogP contribution in [0.25, 0.3) is 0 Å². The van der Waals surface area contributed by atoms with Gasteiger partial charge in [-0.15, -0.1) is 0 Å². The second-order valence-electron chi connectivity index (χ2n) is 3.59. The number of furan rings is 1. The van der Waals surface area contributed by atoms with E-state index in [0.29, 0.717) is 24.0 Å². The Morgan fingerprint density at radius 2 is 2.50 bits per heavy atom. The molecule has 1 aliphatic rings. The van der Waals surface area contributed by atoms with Gasteiger partial charge in [-0.2, -0.15) is 0 Å². The highest BCUT2D eigenvalue weighted by atomic mass is 16.3. The maximum Gasteiger partial charge on any atom is 0.140 e. The van der Waals surface area contributed by atoms with Crippen LogP contribution in [0.3, 0.4) is 0 Å². The molecule has 0 saturated heterocycles. The Bertz CT molecular complexity index is 274. The van der Waals surface area contributed by atoms with Crippen molar-refractivity contribution >= 4 is 5.78 Å². The van der Waals surface area contributed by atoms with Gasteiger partial charge < -0.3 is 4.42 Å². The van der Waals surface area contributed by atoms with E-state index in [-0.39, 0.29) is 0 Å². The van der Waals surface area contributed by atoms with Gasteiger partial charge in [0.2, 0.25) is 0 Å². The van der Waals surface area contributed by atoms with Crippen LogP contribution < -0.4 is 0 Å². The highest BCUT2D eigenvalue weighted by molar-refractivity contribution is 5.85. The quantitative estimate of drug-likeness (QED) is 0.684. The molecule has 2 heteroatoms. The molecule has 0 spiro atoms. The van der Waals surface area contributed by atoms with Gasteiger partial charge in [-0.25, -0.2) is 0 Å². The van der Waals surface area contributed by atoms with Gasteiger partial charge in [-0.1, -0.05) is 6.92 Å². The van der Waals surface area contributed by atoms with Gasteiger partial charge in [-0.05, 0) is 24.0 Å². The van der Waals surface area contributed by atoms with Crippen molar-refractivity contribution in [3.05, 3.63) is 24.2 Å². The Morgan fingerprint density at radius 1 is 1.75 bits per heavy atom. The normalized spacial score (nSPS) is 27.1. The first-order valence-electron chi connectivity index (χ1n) is 4.31. The fourth-order valence-electron chi connectivity index (χ4n) is 1.50. The highest BCUT2D eigenvalue weighted by Gasteiger charge is 2.38. The molecule has 1 fully saturated rings. The summed E-state index contributed by atoms with van der Waals surface area (Å²) in [5.74, 6) is 1.31. The molecule has 2 unspecified atom stereocenters. The maximum atomic E-state index is 11.4. The van der Waals surface area contributed by atoms with E-state index >= 15 is 0 Å².